The number of hydrogen-bond acceptors (Lipinski definition) is 4. The summed E-state index contributed by atoms with van der Waals surface area (Å²) < 4.78 is 5.02. The van der Waals surface area contributed by atoms with Crippen LogP contribution in [0.1, 0.15) is 23.7 Å². The second kappa shape index (κ2) is 5.06. The fourth-order valence-electron chi connectivity index (χ4n) is 1.70. The summed E-state index contributed by atoms with van der Waals surface area (Å²) in [7, 11) is 0. The van der Waals surface area contributed by atoms with Gasteiger partial charge in [0, 0.05) is 5.39 Å². The number of benzene rings is 2. The highest BCUT2D eigenvalue weighted by atomic mass is 16.6. The molecule has 0 heterocycles. The molecule has 0 saturated carbocycles. The molecule has 0 amide bonds. The van der Waals surface area contributed by atoms with Gasteiger partial charge in [0.05, 0.1) is 5.56 Å². The Balaban J connectivity index is 2.37. The quantitative estimate of drug-likeness (QED) is 0.643. The standard InChI is InChI=1S/C14H15NO3/c1-2-13(15)18-14(17)10-7-9-5-3-4-6-11(9)12(16)8-10/h3-8,13,16H,2,15H2,1H3. The van der Waals surface area contributed by atoms with E-state index < -0.39 is 12.2 Å². The molecule has 0 bridgehead atoms. The lowest BCUT2D eigenvalue weighted by Gasteiger charge is -2.11. The van der Waals surface area contributed by atoms with Gasteiger partial charge in [-0.3, -0.25) is 5.73 Å². The fourth-order valence-corrected chi connectivity index (χ4v) is 1.70. The Labute approximate surface area is 105 Å². The van der Waals surface area contributed by atoms with E-state index >= 15 is 0 Å². The number of rotatable bonds is 3. The minimum absolute atomic E-state index is 0.0603. The second-order valence-corrected chi connectivity index (χ2v) is 4.07. The SMILES string of the molecule is CCC(N)OC(=O)c1cc(O)c2ccccc2c1. The number of aromatic hydroxyl groups is 1. The molecular formula is C14H15NO3. The van der Waals surface area contributed by atoms with Crippen LogP contribution in [0.2, 0.25) is 0 Å². The van der Waals surface area contributed by atoms with Gasteiger partial charge in [-0.15, -0.1) is 0 Å². The Hall–Kier alpha value is -2.07. The number of ether oxygens (including phenoxy) is 1. The maximum atomic E-state index is 11.8. The maximum Gasteiger partial charge on any atom is 0.339 e. The molecular weight excluding hydrogens is 230 g/mol. The Morgan fingerprint density at radius 2 is 2.11 bits per heavy atom. The molecule has 94 valence electrons. The van der Waals surface area contributed by atoms with Gasteiger partial charge in [-0.1, -0.05) is 31.2 Å². The van der Waals surface area contributed by atoms with Gasteiger partial charge in [-0.2, -0.15) is 0 Å². The number of nitrogens with two attached hydrogens (primary N) is 1. The van der Waals surface area contributed by atoms with Gasteiger partial charge in [0.1, 0.15) is 5.75 Å². The summed E-state index contributed by atoms with van der Waals surface area (Å²) in [6, 6.07) is 10.4. The Morgan fingerprint density at radius 1 is 1.39 bits per heavy atom. The minimum Gasteiger partial charge on any atom is -0.507 e. The molecule has 2 aromatic carbocycles. The summed E-state index contributed by atoms with van der Waals surface area (Å²) in [4.78, 5) is 11.8. The van der Waals surface area contributed by atoms with Gasteiger partial charge in [0.2, 0.25) is 0 Å². The minimum atomic E-state index is -0.619. The number of fused-ring (bicyclic) bond motifs is 1. The van der Waals surface area contributed by atoms with E-state index in [0.29, 0.717) is 17.4 Å². The normalized spacial score (nSPS) is 12.3. The van der Waals surface area contributed by atoms with E-state index in [-0.39, 0.29) is 5.75 Å². The van der Waals surface area contributed by atoms with E-state index in [2.05, 4.69) is 0 Å². The summed E-state index contributed by atoms with van der Waals surface area (Å²) >= 11 is 0. The molecule has 2 aromatic rings. The molecule has 0 aromatic heterocycles. The first-order valence-electron chi connectivity index (χ1n) is 5.80. The summed E-state index contributed by atoms with van der Waals surface area (Å²) in [6.45, 7) is 1.83. The van der Waals surface area contributed by atoms with Gasteiger partial charge in [0.25, 0.3) is 0 Å². The first-order valence-corrected chi connectivity index (χ1v) is 5.80. The van der Waals surface area contributed by atoms with Crippen LogP contribution >= 0.6 is 0 Å². The smallest absolute Gasteiger partial charge is 0.339 e. The third kappa shape index (κ3) is 2.43. The van der Waals surface area contributed by atoms with Crippen molar-refractivity contribution in [2.24, 2.45) is 5.73 Å². The molecule has 2 rings (SSSR count). The Kier molecular flexibility index (Phi) is 3.48. The number of carbonyl (C=O) groups excluding carboxylic acids is 1. The van der Waals surface area contributed by atoms with E-state index in [4.69, 9.17) is 10.5 Å². The molecule has 1 atom stereocenters. The van der Waals surface area contributed by atoms with Crippen LogP contribution < -0.4 is 5.73 Å². The van der Waals surface area contributed by atoms with E-state index in [1.165, 1.54) is 6.07 Å². The lowest BCUT2D eigenvalue weighted by atomic mass is 10.1. The topological polar surface area (TPSA) is 72.5 Å². The third-order valence-electron chi connectivity index (χ3n) is 2.74. The second-order valence-electron chi connectivity index (χ2n) is 4.07. The third-order valence-corrected chi connectivity index (χ3v) is 2.74. The highest BCUT2D eigenvalue weighted by molar-refractivity contribution is 5.98. The molecule has 4 heteroatoms. The highest BCUT2D eigenvalue weighted by Crippen LogP contribution is 2.26. The number of phenols is 1. The molecule has 1 unspecified atom stereocenters. The van der Waals surface area contributed by atoms with Crippen LogP contribution in [0.3, 0.4) is 0 Å². The predicted molar refractivity (Wildman–Crippen MR) is 69.3 cm³/mol. The van der Waals surface area contributed by atoms with Gasteiger partial charge in [-0.05, 0) is 23.9 Å². The van der Waals surface area contributed by atoms with Crippen molar-refractivity contribution in [3.05, 3.63) is 42.0 Å². The first kappa shape index (κ1) is 12.4. The molecule has 0 aliphatic rings. The molecule has 0 saturated heterocycles. The van der Waals surface area contributed by atoms with Crippen molar-refractivity contribution in [2.75, 3.05) is 0 Å². The van der Waals surface area contributed by atoms with Crippen molar-refractivity contribution >= 4 is 16.7 Å². The molecule has 0 fully saturated rings. The van der Waals surface area contributed by atoms with Crippen molar-refractivity contribution in [3.63, 3.8) is 0 Å². The van der Waals surface area contributed by atoms with Crippen LogP contribution in [-0.2, 0) is 4.74 Å². The number of carbonyl (C=O) groups is 1. The zero-order valence-electron chi connectivity index (χ0n) is 10.1. The zero-order chi connectivity index (χ0) is 13.1. The van der Waals surface area contributed by atoms with Crippen molar-refractivity contribution in [1.82, 2.24) is 0 Å². The Bertz CT molecular complexity index is 580. The molecule has 0 radical (unpaired) electrons. The lowest BCUT2D eigenvalue weighted by molar-refractivity contribution is 0.0308. The van der Waals surface area contributed by atoms with Gasteiger partial charge < -0.3 is 9.84 Å². The van der Waals surface area contributed by atoms with Crippen LogP contribution in [0.4, 0.5) is 0 Å². The van der Waals surface area contributed by atoms with Crippen LogP contribution in [-0.4, -0.2) is 17.3 Å². The molecule has 0 aliphatic carbocycles. The molecule has 0 aliphatic heterocycles. The van der Waals surface area contributed by atoms with Crippen molar-refractivity contribution in [1.29, 1.82) is 0 Å². The average Bonchev–Trinajstić information content (AvgIpc) is 2.38. The van der Waals surface area contributed by atoms with Gasteiger partial charge >= 0.3 is 5.97 Å². The number of phenolic OH excluding ortho intramolecular Hbond substituents is 1. The maximum absolute atomic E-state index is 11.8. The Morgan fingerprint density at radius 3 is 2.83 bits per heavy atom. The first-order chi connectivity index (χ1) is 8.61. The van der Waals surface area contributed by atoms with Gasteiger partial charge in [0.15, 0.2) is 6.23 Å². The monoisotopic (exact) mass is 245 g/mol. The predicted octanol–water partition coefficient (Wildman–Crippen LogP) is 2.40. The number of esters is 1. The van der Waals surface area contributed by atoms with E-state index in [1.54, 1.807) is 12.1 Å². The van der Waals surface area contributed by atoms with E-state index in [9.17, 15) is 9.90 Å². The van der Waals surface area contributed by atoms with Crippen molar-refractivity contribution < 1.29 is 14.6 Å². The number of hydrogen-bond donors (Lipinski definition) is 2. The summed E-state index contributed by atoms with van der Waals surface area (Å²) in [5, 5.41) is 11.3. The highest BCUT2D eigenvalue weighted by Gasteiger charge is 2.13. The van der Waals surface area contributed by atoms with Crippen LogP contribution in [0.25, 0.3) is 10.8 Å². The van der Waals surface area contributed by atoms with Crippen molar-refractivity contribution in [2.45, 2.75) is 19.6 Å². The fraction of sp³-hybridized carbons (Fsp3) is 0.214. The summed E-state index contributed by atoms with van der Waals surface area (Å²) in [5.41, 5.74) is 5.86. The molecule has 0 spiro atoms. The van der Waals surface area contributed by atoms with Crippen molar-refractivity contribution in [3.8, 4) is 5.75 Å². The molecule has 18 heavy (non-hydrogen) atoms. The molecule has 4 nitrogen and oxygen atoms in total. The average molecular weight is 245 g/mol. The zero-order valence-corrected chi connectivity index (χ0v) is 10.1. The van der Waals surface area contributed by atoms with E-state index in [0.717, 1.165) is 5.39 Å². The summed E-state index contributed by atoms with van der Waals surface area (Å²) in [5.74, 6) is -0.462. The van der Waals surface area contributed by atoms with Gasteiger partial charge in [-0.25, -0.2) is 4.79 Å². The van der Waals surface area contributed by atoms with Crippen LogP contribution in [0, 0.1) is 0 Å². The molecule has 3 N–H and O–H groups in total. The van der Waals surface area contributed by atoms with Crippen LogP contribution in [0.15, 0.2) is 36.4 Å². The van der Waals surface area contributed by atoms with Crippen LogP contribution in [0.5, 0.6) is 5.75 Å². The lowest BCUT2D eigenvalue weighted by Crippen LogP contribution is -2.26. The van der Waals surface area contributed by atoms with E-state index in [1.807, 2.05) is 25.1 Å². The summed E-state index contributed by atoms with van der Waals surface area (Å²) in [6.07, 6.45) is -0.0724. The largest absolute Gasteiger partial charge is 0.507 e.